The summed E-state index contributed by atoms with van der Waals surface area (Å²) in [5.41, 5.74) is 0.00150. The molecule has 1 aliphatic heterocycles. The van der Waals surface area contributed by atoms with Gasteiger partial charge in [0.05, 0.1) is 12.2 Å². The Morgan fingerprint density at radius 1 is 1.35 bits per heavy atom. The van der Waals surface area contributed by atoms with Crippen molar-refractivity contribution in [1.29, 1.82) is 0 Å². The lowest BCUT2D eigenvalue weighted by molar-refractivity contribution is -0.0659. The third-order valence-electron chi connectivity index (χ3n) is 5.08. The van der Waals surface area contributed by atoms with E-state index in [0.717, 1.165) is 64.6 Å². The van der Waals surface area contributed by atoms with Crippen LogP contribution in [-0.2, 0) is 9.47 Å². The Morgan fingerprint density at radius 3 is 2.74 bits per heavy atom. The summed E-state index contributed by atoms with van der Waals surface area (Å²) in [7, 11) is 3.98. The zero-order valence-electron chi connectivity index (χ0n) is 15.3. The first-order valence-corrected chi connectivity index (χ1v) is 9.32. The van der Waals surface area contributed by atoms with Crippen molar-refractivity contribution >= 4 is 5.96 Å². The second-order valence-corrected chi connectivity index (χ2v) is 7.10. The van der Waals surface area contributed by atoms with E-state index in [2.05, 4.69) is 29.2 Å². The van der Waals surface area contributed by atoms with E-state index in [1.54, 1.807) is 0 Å². The van der Waals surface area contributed by atoms with E-state index in [1.807, 2.05) is 7.05 Å². The van der Waals surface area contributed by atoms with E-state index in [0.29, 0.717) is 5.92 Å². The summed E-state index contributed by atoms with van der Waals surface area (Å²) < 4.78 is 11.8. The first kappa shape index (κ1) is 18.5. The predicted molar refractivity (Wildman–Crippen MR) is 95.0 cm³/mol. The van der Waals surface area contributed by atoms with Gasteiger partial charge in [0.2, 0.25) is 0 Å². The summed E-state index contributed by atoms with van der Waals surface area (Å²) in [5, 5.41) is 3.57. The molecule has 0 bridgehead atoms. The van der Waals surface area contributed by atoms with Crippen molar-refractivity contribution in [2.24, 2.45) is 10.9 Å². The van der Waals surface area contributed by atoms with Crippen molar-refractivity contribution in [2.45, 2.75) is 57.5 Å². The van der Waals surface area contributed by atoms with Crippen LogP contribution >= 0.6 is 0 Å². The standard InChI is InChI=1S/C18H35N3O2/c1-4-11-23-18(9-6-5-7-10-18)15-20-17(19-2)21(3)13-16-8-12-22-14-16/h16H,4-15H2,1-3H3,(H,19,20). The van der Waals surface area contributed by atoms with Crippen molar-refractivity contribution in [2.75, 3.05) is 47.0 Å². The van der Waals surface area contributed by atoms with Crippen LogP contribution in [0.25, 0.3) is 0 Å². The molecule has 2 fully saturated rings. The predicted octanol–water partition coefficient (Wildman–Crippen LogP) is 2.66. The maximum atomic E-state index is 6.27. The van der Waals surface area contributed by atoms with Crippen LogP contribution < -0.4 is 5.32 Å². The first-order chi connectivity index (χ1) is 11.2. The molecule has 1 heterocycles. The highest BCUT2D eigenvalue weighted by Gasteiger charge is 2.33. The fourth-order valence-electron chi connectivity index (χ4n) is 3.71. The fourth-order valence-corrected chi connectivity index (χ4v) is 3.71. The van der Waals surface area contributed by atoms with Gasteiger partial charge in [0.25, 0.3) is 0 Å². The van der Waals surface area contributed by atoms with Crippen LogP contribution in [0, 0.1) is 5.92 Å². The smallest absolute Gasteiger partial charge is 0.193 e. The molecule has 1 N–H and O–H groups in total. The second-order valence-electron chi connectivity index (χ2n) is 7.10. The molecular weight excluding hydrogens is 290 g/mol. The van der Waals surface area contributed by atoms with Gasteiger partial charge in [-0.2, -0.15) is 0 Å². The first-order valence-electron chi connectivity index (χ1n) is 9.32. The highest BCUT2D eigenvalue weighted by Crippen LogP contribution is 2.31. The molecule has 2 rings (SSSR count). The molecular formula is C18H35N3O2. The highest BCUT2D eigenvalue weighted by molar-refractivity contribution is 5.79. The molecule has 23 heavy (non-hydrogen) atoms. The number of ether oxygens (including phenoxy) is 2. The van der Waals surface area contributed by atoms with Gasteiger partial charge in [-0.25, -0.2) is 0 Å². The molecule has 0 aromatic heterocycles. The van der Waals surface area contributed by atoms with Crippen molar-refractivity contribution in [3.8, 4) is 0 Å². The van der Waals surface area contributed by atoms with Gasteiger partial charge in [-0.05, 0) is 25.7 Å². The summed E-state index contributed by atoms with van der Waals surface area (Å²) in [6.45, 7) is 6.69. The molecule has 0 spiro atoms. The van der Waals surface area contributed by atoms with E-state index < -0.39 is 0 Å². The molecule has 1 saturated carbocycles. The Kier molecular flexibility index (Phi) is 7.63. The van der Waals surface area contributed by atoms with Gasteiger partial charge in [-0.15, -0.1) is 0 Å². The summed E-state index contributed by atoms with van der Waals surface area (Å²) in [6, 6.07) is 0. The van der Waals surface area contributed by atoms with Crippen LogP contribution in [0.1, 0.15) is 51.9 Å². The molecule has 0 aromatic carbocycles. The molecule has 1 unspecified atom stereocenters. The molecule has 1 saturated heterocycles. The van der Waals surface area contributed by atoms with Gasteiger partial charge in [0.1, 0.15) is 0 Å². The fraction of sp³-hybridized carbons (Fsp3) is 0.944. The topological polar surface area (TPSA) is 46.1 Å². The summed E-state index contributed by atoms with van der Waals surface area (Å²) in [6.07, 6.45) is 8.46. The maximum Gasteiger partial charge on any atom is 0.193 e. The third kappa shape index (κ3) is 5.64. The molecule has 0 radical (unpaired) electrons. The van der Waals surface area contributed by atoms with E-state index in [1.165, 1.54) is 19.3 Å². The average molecular weight is 325 g/mol. The van der Waals surface area contributed by atoms with Gasteiger partial charge in [0.15, 0.2) is 5.96 Å². The van der Waals surface area contributed by atoms with Crippen LogP contribution in [0.5, 0.6) is 0 Å². The second kappa shape index (κ2) is 9.48. The van der Waals surface area contributed by atoms with Gasteiger partial charge < -0.3 is 19.7 Å². The number of hydrogen-bond donors (Lipinski definition) is 1. The van der Waals surface area contributed by atoms with Gasteiger partial charge in [-0.3, -0.25) is 4.99 Å². The molecule has 0 amide bonds. The Labute approximate surface area is 141 Å². The maximum absolute atomic E-state index is 6.27. The number of nitrogens with one attached hydrogen (secondary N) is 1. The Morgan fingerprint density at radius 2 is 2.13 bits per heavy atom. The molecule has 1 aliphatic carbocycles. The van der Waals surface area contributed by atoms with E-state index in [4.69, 9.17) is 9.47 Å². The Balaban J connectivity index is 1.86. The molecule has 5 nitrogen and oxygen atoms in total. The highest BCUT2D eigenvalue weighted by atomic mass is 16.5. The average Bonchev–Trinajstić information content (AvgIpc) is 3.07. The van der Waals surface area contributed by atoms with Crippen LogP contribution in [0.3, 0.4) is 0 Å². The summed E-state index contributed by atoms with van der Waals surface area (Å²) in [4.78, 5) is 6.69. The Bertz CT molecular complexity index is 361. The summed E-state index contributed by atoms with van der Waals surface area (Å²) >= 11 is 0. The van der Waals surface area contributed by atoms with Crippen LogP contribution in [-0.4, -0.2) is 63.5 Å². The van der Waals surface area contributed by atoms with Crippen molar-refractivity contribution in [3.05, 3.63) is 0 Å². The molecule has 0 aromatic rings. The van der Waals surface area contributed by atoms with Crippen LogP contribution in [0.4, 0.5) is 0 Å². The van der Waals surface area contributed by atoms with Crippen LogP contribution in [0.2, 0.25) is 0 Å². The Hall–Kier alpha value is -0.810. The van der Waals surface area contributed by atoms with Crippen LogP contribution in [0.15, 0.2) is 4.99 Å². The molecule has 134 valence electrons. The largest absolute Gasteiger partial charge is 0.381 e. The number of nitrogens with zero attached hydrogens (tertiary/aromatic N) is 2. The normalized spacial score (nSPS) is 24.7. The van der Waals surface area contributed by atoms with Gasteiger partial charge in [-0.1, -0.05) is 26.2 Å². The lowest BCUT2D eigenvalue weighted by atomic mass is 9.84. The lowest BCUT2D eigenvalue weighted by Crippen LogP contribution is -2.50. The monoisotopic (exact) mass is 325 g/mol. The minimum Gasteiger partial charge on any atom is -0.381 e. The molecule has 1 atom stereocenters. The quantitative estimate of drug-likeness (QED) is 0.577. The zero-order chi connectivity index (χ0) is 16.5. The SMILES string of the molecule is CCCOC1(CNC(=NC)N(C)CC2CCOC2)CCCCC1. The number of guanidine groups is 1. The van der Waals surface area contributed by atoms with E-state index >= 15 is 0 Å². The molecule has 5 heteroatoms. The minimum absolute atomic E-state index is 0.00150. The lowest BCUT2D eigenvalue weighted by Gasteiger charge is -2.38. The number of aliphatic imine (C=N–C) groups is 1. The third-order valence-corrected chi connectivity index (χ3v) is 5.08. The molecule has 2 aliphatic rings. The summed E-state index contributed by atoms with van der Waals surface area (Å²) in [5.74, 6) is 1.60. The van der Waals surface area contributed by atoms with Crippen molar-refractivity contribution in [3.63, 3.8) is 0 Å². The van der Waals surface area contributed by atoms with Crippen molar-refractivity contribution in [1.82, 2.24) is 10.2 Å². The van der Waals surface area contributed by atoms with Crippen molar-refractivity contribution < 1.29 is 9.47 Å². The van der Waals surface area contributed by atoms with Gasteiger partial charge >= 0.3 is 0 Å². The van der Waals surface area contributed by atoms with E-state index in [9.17, 15) is 0 Å². The number of rotatable bonds is 7. The zero-order valence-corrected chi connectivity index (χ0v) is 15.3. The number of hydrogen-bond acceptors (Lipinski definition) is 3. The van der Waals surface area contributed by atoms with Gasteiger partial charge in [0, 0.05) is 46.3 Å². The van der Waals surface area contributed by atoms with E-state index in [-0.39, 0.29) is 5.60 Å². The minimum atomic E-state index is 0.00150.